The zero-order valence-corrected chi connectivity index (χ0v) is 25.5. The van der Waals surface area contributed by atoms with Gasteiger partial charge in [0.25, 0.3) is 11.8 Å². The summed E-state index contributed by atoms with van der Waals surface area (Å²) in [6.45, 7) is 4.70. The van der Waals surface area contributed by atoms with Gasteiger partial charge >= 0.3 is 0 Å². The van der Waals surface area contributed by atoms with E-state index in [1.54, 1.807) is 22.9 Å². The molecule has 2 aliphatic carbocycles. The van der Waals surface area contributed by atoms with Crippen molar-refractivity contribution in [3.8, 4) is 11.3 Å². The Morgan fingerprint density at radius 1 is 1.00 bits per heavy atom. The Bertz CT molecular complexity index is 1950. The van der Waals surface area contributed by atoms with Gasteiger partial charge in [0.15, 0.2) is 5.82 Å². The lowest BCUT2D eigenvalue weighted by molar-refractivity contribution is -0.136. The van der Waals surface area contributed by atoms with Crippen molar-refractivity contribution in [3.63, 3.8) is 0 Å². The van der Waals surface area contributed by atoms with Crippen molar-refractivity contribution in [1.82, 2.24) is 34.8 Å². The van der Waals surface area contributed by atoms with Gasteiger partial charge in [0.05, 0.1) is 34.8 Å². The van der Waals surface area contributed by atoms with Gasteiger partial charge in [-0.3, -0.25) is 43.7 Å². The summed E-state index contributed by atoms with van der Waals surface area (Å²) in [6, 6.07) is 4.39. The van der Waals surface area contributed by atoms with E-state index in [0.717, 1.165) is 53.2 Å². The maximum atomic E-state index is 14.7. The number of pyridine rings is 1. The average Bonchev–Trinajstić information content (AvgIpc) is 3.50. The van der Waals surface area contributed by atoms with Crippen molar-refractivity contribution < 1.29 is 23.6 Å². The van der Waals surface area contributed by atoms with Crippen molar-refractivity contribution in [2.75, 3.05) is 11.9 Å². The number of hydrogen-bond acceptors (Lipinski definition) is 8. The van der Waals surface area contributed by atoms with Gasteiger partial charge in [0.2, 0.25) is 11.8 Å². The van der Waals surface area contributed by atoms with Crippen LogP contribution >= 0.6 is 0 Å². The second-order valence-corrected chi connectivity index (χ2v) is 13.2. The van der Waals surface area contributed by atoms with Crippen LogP contribution in [0.4, 0.5) is 10.1 Å². The molecule has 4 aliphatic rings. The maximum Gasteiger partial charge on any atom is 0.262 e. The Labute approximate surface area is 263 Å². The molecule has 4 aromatic rings. The summed E-state index contributed by atoms with van der Waals surface area (Å²) in [5.41, 5.74) is 4.24. The van der Waals surface area contributed by atoms with E-state index >= 15 is 0 Å². The van der Waals surface area contributed by atoms with E-state index in [-0.39, 0.29) is 36.1 Å². The van der Waals surface area contributed by atoms with E-state index < -0.39 is 35.5 Å². The number of halogens is 1. The number of fused-ring (bicyclic) bond motifs is 2. The number of amides is 4. The number of nitrogens with one attached hydrogen (secondary N) is 2. The Balaban J connectivity index is 0.947. The van der Waals surface area contributed by atoms with Gasteiger partial charge in [-0.05, 0) is 70.1 Å². The van der Waals surface area contributed by atoms with E-state index in [1.807, 2.05) is 24.7 Å². The summed E-state index contributed by atoms with van der Waals surface area (Å²) < 4.78 is 18.5. The minimum atomic E-state index is -0.987. The molecule has 0 radical (unpaired) electrons. The first-order chi connectivity index (χ1) is 22.2. The molecule has 0 bridgehead atoms. The third-order valence-electron chi connectivity index (χ3n) is 9.65. The number of piperidine rings is 1. The summed E-state index contributed by atoms with van der Waals surface area (Å²) in [5, 5.41) is 15.8. The molecule has 46 heavy (non-hydrogen) atoms. The Morgan fingerprint density at radius 3 is 2.52 bits per heavy atom. The van der Waals surface area contributed by atoms with Crippen molar-refractivity contribution in [2.24, 2.45) is 5.92 Å². The van der Waals surface area contributed by atoms with E-state index in [0.29, 0.717) is 29.3 Å². The molecule has 3 aromatic heterocycles. The molecule has 4 amide bonds. The number of hydrogen-bond donors (Lipinski definition) is 2. The van der Waals surface area contributed by atoms with Crippen LogP contribution in [-0.4, -0.2) is 65.7 Å². The Morgan fingerprint density at radius 2 is 1.78 bits per heavy atom. The first kappa shape index (κ1) is 28.5. The second kappa shape index (κ2) is 10.6. The molecular formula is C33H33FN8O4. The number of anilines is 1. The Hall–Kier alpha value is -4.94. The highest BCUT2D eigenvalue weighted by atomic mass is 19.1. The molecule has 3 fully saturated rings. The van der Waals surface area contributed by atoms with Crippen LogP contribution in [0, 0.1) is 11.7 Å². The molecule has 5 heterocycles. The Kier molecular flexibility index (Phi) is 6.55. The van der Waals surface area contributed by atoms with Crippen LogP contribution in [0.2, 0.25) is 0 Å². The molecule has 1 aromatic carbocycles. The molecule has 1 saturated heterocycles. The summed E-state index contributed by atoms with van der Waals surface area (Å²) in [6.07, 6.45) is 9.39. The predicted octanol–water partition coefficient (Wildman–Crippen LogP) is 4.36. The molecule has 1 unspecified atom stereocenters. The van der Waals surface area contributed by atoms with Crippen LogP contribution in [0.3, 0.4) is 0 Å². The quantitative estimate of drug-likeness (QED) is 0.275. The summed E-state index contributed by atoms with van der Waals surface area (Å²) in [5.74, 6) is -1.73. The number of carbonyl (C=O) groups is 4. The molecule has 12 nitrogen and oxygen atoms in total. The standard InChI is InChI=1S/C33H33FN8O4/c1-16(2)40-14-24-29(36-13-25(34)30(24)39-40)23-15-41(38-28(23)18-3-4-18)20-9-17(10-20)12-35-19-5-6-21-22(11-19)33(46)42(32(21)45)26-7-8-27(43)37-31(26)44/h5-6,11,13-18,20,26,35H,3-4,7-10,12H2,1-2H3,(H,37,43,44). The van der Waals surface area contributed by atoms with Crippen LogP contribution in [0.25, 0.3) is 22.2 Å². The van der Waals surface area contributed by atoms with Crippen molar-refractivity contribution in [1.29, 1.82) is 0 Å². The van der Waals surface area contributed by atoms with Crippen molar-refractivity contribution >= 4 is 40.2 Å². The lowest BCUT2D eigenvalue weighted by Gasteiger charge is -2.35. The third-order valence-corrected chi connectivity index (χ3v) is 9.65. The highest BCUT2D eigenvalue weighted by Gasteiger charge is 2.44. The molecule has 0 spiro atoms. The lowest BCUT2D eigenvalue weighted by atomic mass is 9.80. The molecular weight excluding hydrogens is 591 g/mol. The zero-order valence-electron chi connectivity index (χ0n) is 25.5. The van der Waals surface area contributed by atoms with E-state index in [1.165, 1.54) is 6.20 Å². The summed E-state index contributed by atoms with van der Waals surface area (Å²) in [4.78, 5) is 55.5. The van der Waals surface area contributed by atoms with Gasteiger partial charge in [0.1, 0.15) is 11.6 Å². The van der Waals surface area contributed by atoms with Gasteiger partial charge in [-0.2, -0.15) is 10.2 Å². The summed E-state index contributed by atoms with van der Waals surface area (Å²) in [7, 11) is 0. The van der Waals surface area contributed by atoms with Crippen LogP contribution in [0.1, 0.15) is 96.8 Å². The molecule has 2 N–H and O–H groups in total. The third kappa shape index (κ3) is 4.67. The van der Waals surface area contributed by atoms with Crippen molar-refractivity contribution in [3.05, 3.63) is 59.4 Å². The SMILES string of the molecule is CC(C)n1cc2c(-c3cn(C4CC(CNc5ccc6c(c5)C(=O)N(C5CCC(=O)NC5=O)C6=O)C4)nc3C3CC3)ncc(F)c2n1. The number of benzene rings is 1. The first-order valence-corrected chi connectivity index (χ1v) is 15.9. The lowest BCUT2D eigenvalue weighted by Crippen LogP contribution is -2.54. The highest BCUT2D eigenvalue weighted by Crippen LogP contribution is 2.46. The molecule has 2 aliphatic heterocycles. The van der Waals surface area contributed by atoms with Gasteiger partial charge in [-0.1, -0.05) is 0 Å². The van der Waals surface area contributed by atoms with Crippen LogP contribution in [0.15, 0.2) is 36.8 Å². The fourth-order valence-corrected chi connectivity index (χ4v) is 6.83. The first-order valence-electron chi connectivity index (χ1n) is 15.9. The molecule has 2 saturated carbocycles. The smallest absolute Gasteiger partial charge is 0.262 e. The largest absolute Gasteiger partial charge is 0.385 e. The number of imide groups is 2. The van der Waals surface area contributed by atoms with Gasteiger partial charge in [-0.25, -0.2) is 4.39 Å². The molecule has 13 heteroatoms. The summed E-state index contributed by atoms with van der Waals surface area (Å²) >= 11 is 0. The van der Waals surface area contributed by atoms with Crippen molar-refractivity contribution in [2.45, 2.75) is 76.4 Å². The average molecular weight is 625 g/mol. The van der Waals surface area contributed by atoms with E-state index in [9.17, 15) is 23.6 Å². The fraction of sp³-hybridized carbons (Fsp3) is 0.424. The molecule has 8 rings (SSSR count). The topological polar surface area (TPSA) is 144 Å². The number of aromatic nitrogens is 5. The fourth-order valence-electron chi connectivity index (χ4n) is 6.83. The predicted molar refractivity (Wildman–Crippen MR) is 164 cm³/mol. The maximum absolute atomic E-state index is 14.7. The highest BCUT2D eigenvalue weighted by molar-refractivity contribution is 6.23. The van der Waals surface area contributed by atoms with Gasteiger partial charge < -0.3 is 5.32 Å². The monoisotopic (exact) mass is 624 g/mol. The van der Waals surface area contributed by atoms with Gasteiger partial charge in [0, 0.05) is 54.0 Å². The minimum absolute atomic E-state index is 0.0810. The molecule has 236 valence electrons. The van der Waals surface area contributed by atoms with Crippen LogP contribution in [-0.2, 0) is 9.59 Å². The normalized spacial score (nSPS) is 22.9. The number of nitrogens with zero attached hydrogens (tertiary/aromatic N) is 6. The van der Waals surface area contributed by atoms with Gasteiger partial charge in [-0.15, -0.1) is 0 Å². The molecule has 1 atom stereocenters. The second-order valence-electron chi connectivity index (χ2n) is 13.2. The number of rotatable bonds is 8. The van der Waals surface area contributed by atoms with Crippen LogP contribution in [0.5, 0.6) is 0 Å². The number of carbonyl (C=O) groups excluding carboxylic acids is 4. The van der Waals surface area contributed by atoms with Crippen LogP contribution < -0.4 is 10.6 Å². The van der Waals surface area contributed by atoms with E-state index in [4.69, 9.17) is 5.10 Å². The van der Waals surface area contributed by atoms with E-state index in [2.05, 4.69) is 26.9 Å². The zero-order chi connectivity index (χ0) is 31.9. The minimum Gasteiger partial charge on any atom is -0.385 e.